The molecule has 0 saturated heterocycles. The molecule has 0 spiro atoms. The van der Waals surface area contributed by atoms with Crippen molar-refractivity contribution in [2.24, 2.45) is 0 Å². The summed E-state index contributed by atoms with van der Waals surface area (Å²) in [6.45, 7) is 6.10. The third-order valence-corrected chi connectivity index (χ3v) is 4.26. The maximum Gasteiger partial charge on any atom is 0.252 e. The summed E-state index contributed by atoms with van der Waals surface area (Å²) in [5.74, 6) is -0.0820. The molecule has 0 aromatic heterocycles. The van der Waals surface area contributed by atoms with Gasteiger partial charge in [-0.3, -0.25) is 4.79 Å². The average molecular weight is 342 g/mol. The number of unbranched alkanes of at least 4 members (excludes halogenated alkanes) is 1. The van der Waals surface area contributed by atoms with Gasteiger partial charge in [-0.25, -0.2) is 0 Å². The predicted molar refractivity (Wildman–Crippen MR) is 87.9 cm³/mol. The van der Waals surface area contributed by atoms with Gasteiger partial charge in [-0.1, -0.05) is 6.07 Å². The highest BCUT2D eigenvalue weighted by atomic mass is 79.9. The van der Waals surface area contributed by atoms with E-state index in [0.717, 1.165) is 19.4 Å². The number of carbonyl (C=O) groups excluding carboxylic acids is 1. The first-order chi connectivity index (χ1) is 9.43. The van der Waals surface area contributed by atoms with Crippen LogP contribution >= 0.6 is 15.9 Å². The Hall–Kier alpha value is -1.07. The third kappa shape index (κ3) is 5.13. The molecule has 0 radical (unpaired) electrons. The molecule has 0 aliphatic rings. The minimum absolute atomic E-state index is 0.0820. The number of benzene rings is 1. The number of carbonyl (C=O) groups is 1. The number of nitrogens with zero attached hydrogens (tertiary/aromatic N) is 1. The van der Waals surface area contributed by atoms with E-state index < -0.39 is 0 Å². The van der Waals surface area contributed by atoms with Gasteiger partial charge < -0.3 is 16.0 Å². The summed E-state index contributed by atoms with van der Waals surface area (Å²) in [5.41, 5.74) is 6.93. The molecule has 3 N–H and O–H groups in total. The molecule has 4 nitrogen and oxygen atoms in total. The van der Waals surface area contributed by atoms with Gasteiger partial charge in [0.2, 0.25) is 0 Å². The summed E-state index contributed by atoms with van der Waals surface area (Å²) in [4.78, 5) is 14.3. The van der Waals surface area contributed by atoms with E-state index in [4.69, 9.17) is 5.73 Å². The Morgan fingerprint density at radius 1 is 1.40 bits per heavy atom. The second kappa shape index (κ2) is 8.27. The van der Waals surface area contributed by atoms with E-state index in [1.54, 1.807) is 18.2 Å². The average Bonchev–Trinajstić information content (AvgIpc) is 2.40. The van der Waals surface area contributed by atoms with Crippen LogP contribution in [0.3, 0.4) is 0 Å². The van der Waals surface area contributed by atoms with Crippen LogP contribution in [0, 0.1) is 0 Å². The Kier molecular flexibility index (Phi) is 7.02. The highest BCUT2D eigenvalue weighted by molar-refractivity contribution is 9.10. The Morgan fingerprint density at radius 3 is 2.75 bits per heavy atom. The van der Waals surface area contributed by atoms with Crippen molar-refractivity contribution in [3.8, 4) is 0 Å². The second-order valence-corrected chi connectivity index (χ2v) is 6.04. The quantitative estimate of drug-likeness (QED) is 0.592. The number of hydrogen-bond acceptors (Lipinski definition) is 3. The van der Waals surface area contributed by atoms with E-state index >= 15 is 0 Å². The summed E-state index contributed by atoms with van der Waals surface area (Å²) in [7, 11) is 2.12. The topological polar surface area (TPSA) is 58.4 Å². The van der Waals surface area contributed by atoms with E-state index in [2.05, 4.69) is 47.0 Å². The van der Waals surface area contributed by atoms with Crippen LogP contribution in [0.15, 0.2) is 22.7 Å². The first-order valence-electron chi connectivity index (χ1n) is 6.96. The van der Waals surface area contributed by atoms with E-state index in [1.807, 2.05) is 0 Å². The SMILES string of the molecule is CC(C)N(C)CCCCNC(=O)c1cccc(N)c1Br. The molecule has 0 heterocycles. The number of anilines is 1. The monoisotopic (exact) mass is 341 g/mol. The molecule has 0 bridgehead atoms. The Morgan fingerprint density at radius 2 is 2.10 bits per heavy atom. The van der Waals surface area contributed by atoms with Crippen LogP contribution in [-0.4, -0.2) is 37.0 Å². The van der Waals surface area contributed by atoms with Crippen molar-refractivity contribution in [3.63, 3.8) is 0 Å². The molecule has 5 heteroatoms. The number of halogens is 1. The van der Waals surface area contributed by atoms with E-state index in [1.165, 1.54) is 0 Å². The fraction of sp³-hybridized carbons (Fsp3) is 0.533. The largest absolute Gasteiger partial charge is 0.398 e. The van der Waals surface area contributed by atoms with Gasteiger partial charge in [0.05, 0.1) is 10.0 Å². The molecule has 0 fully saturated rings. The molecule has 1 aromatic carbocycles. The number of nitrogens with one attached hydrogen (secondary N) is 1. The highest BCUT2D eigenvalue weighted by Gasteiger charge is 2.11. The molecule has 0 atom stereocenters. The zero-order chi connectivity index (χ0) is 15.1. The zero-order valence-corrected chi connectivity index (χ0v) is 14.0. The van der Waals surface area contributed by atoms with Crippen molar-refractivity contribution >= 4 is 27.5 Å². The normalized spacial score (nSPS) is 11.1. The van der Waals surface area contributed by atoms with Crippen LogP contribution in [0.1, 0.15) is 37.0 Å². The number of amides is 1. The molecule has 0 aliphatic carbocycles. The van der Waals surface area contributed by atoms with Gasteiger partial charge in [0.25, 0.3) is 5.91 Å². The van der Waals surface area contributed by atoms with Crippen molar-refractivity contribution in [2.75, 3.05) is 25.9 Å². The van der Waals surface area contributed by atoms with Crippen molar-refractivity contribution < 1.29 is 4.79 Å². The first kappa shape index (κ1) is 17.0. The third-order valence-electron chi connectivity index (χ3n) is 3.38. The van der Waals surface area contributed by atoms with Crippen molar-refractivity contribution in [1.82, 2.24) is 10.2 Å². The van der Waals surface area contributed by atoms with Gasteiger partial charge in [0.15, 0.2) is 0 Å². The van der Waals surface area contributed by atoms with Gasteiger partial charge >= 0.3 is 0 Å². The minimum Gasteiger partial charge on any atom is -0.398 e. The standard InChI is InChI=1S/C15H24BrN3O/c1-11(2)19(3)10-5-4-9-18-15(20)12-7-6-8-13(17)14(12)16/h6-8,11H,4-5,9-10,17H2,1-3H3,(H,18,20). The van der Waals surface area contributed by atoms with Crippen LogP contribution in [0.25, 0.3) is 0 Å². The zero-order valence-electron chi connectivity index (χ0n) is 12.4. The van der Waals surface area contributed by atoms with Crippen LogP contribution in [0.5, 0.6) is 0 Å². The Bertz CT molecular complexity index is 449. The fourth-order valence-electron chi connectivity index (χ4n) is 1.77. The predicted octanol–water partition coefficient (Wildman–Crippen LogP) is 2.88. The molecular weight excluding hydrogens is 318 g/mol. The van der Waals surface area contributed by atoms with E-state index in [9.17, 15) is 4.79 Å². The van der Waals surface area contributed by atoms with Crippen LogP contribution in [0.2, 0.25) is 0 Å². The highest BCUT2D eigenvalue weighted by Crippen LogP contribution is 2.23. The summed E-state index contributed by atoms with van der Waals surface area (Å²) in [6, 6.07) is 5.88. The van der Waals surface area contributed by atoms with Crippen molar-refractivity contribution in [3.05, 3.63) is 28.2 Å². The number of hydrogen-bond donors (Lipinski definition) is 2. The molecule has 1 rings (SSSR count). The molecule has 112 valence electrons. The van der Waals surface area contributed by atoms with Gasteiger partial charge in [-0.15, -0.1) is 0 Å². The lowest BCUT2D eigenvalue weighted by Gasteiger charge is -2.20. The molecule has 1 aromatic rings. The van der Waals surface area contributed by atoms with Crippen molar-refractivity contribution in [2.45, 2.75) is 32.7 Å². The summed E-state index contributed by atoms with van der Waals surface area (Å²) in [5, 5.41) is 2.93. The lowest BCUT2D eigenvalue weighted by molar-refractivity contribution is 0.0952. The molecule has 0 saturated carbocycles. The summed E-state index contributed by atoms with van der Waals surface area (Å²) in [6.07, 6.45) is 2.05. The molecule has 0 unspecified atom stereocenters. The minimum atomic E-state index is -0.0820. The maximum absolute atomic E-state index is 12.0. The summed E-state index contributed by atoms with van der Waals surface area (Å²) < 4.78 is 0.664. The van der Waals surface area contributed by atoms with Crippen LogP contribution in [-0.2, 0) is 0 Å². The van der Waals surface area contributed by atoms with E-state index in [0.29, 0.717) is 28.3 Å². The molecular formula is C15H24BrN3O. The number of nitrogen functional groups attached to an aromatic ring is 1. The van der Waals surface area contributed by atoms with Crippen LogP contribution in [0.4, 0.5) is 5.69 Å². The van der Waals surface area contributed by atoms with Gasteiger partial charge in [-0.05, 0) is 68.3 Å². The smallest absolute Gasteiger partial charge is 0.252 e. The molecule has 0 aliphatic heterocycles. The first-order valence-corrected chi connectivity index (χ1v) is 7.75. The second-order valence-electron chi connectivity index (χ2n) is 5.25. The number of rotatable bonds is 7. The fourth-order valence-corrected chi connectivity index (χ4v) is 2.21. The van der Waals surface area contributed by atoms with Gasteiger partial charge in [0, 0.05) is 18.3 Å². The summed E-state index contributed by atoms with van der Waals surface area (Å²) >= 11 is 3.35. The molecule has 20 heavy (non-hydrogen) atoms. The van der Waals surface area contributed by atoms with Gasteiger partial charge in [0.1, 0.15) is 0 Å². The lowest BCUT2D eigenvalue weighted by Crippen LogP contribution is -2.29. The van der Waals surface area contributed by atoms with Crippen LogP contribution < -0.4 is 11.1 Å². The number of nitrogens with two attached hydrogens (primary N) is 1. The maximum atomic E-state index is 12.0. The van der Waals surface area contributed by atoms with E-state index in [-0.39, 0.29) is 5.91 Å². The van der Waals surface area contributed by atoms with Gasteiger partial charge in [-0.2, -0.15) is 0 Å². The lowest BCUT2D eigenvalue weighted by atomic mass is 10.2. The molecule has 1 amide bonds. The Labute approximate surface area is 129 Å². The van der Waals surface area contributed by atoms with Crippen molar-refractivity contribution in [1.29, 1.82) is 0 Å². The Balaban J connectivity index is 2.32.